The quantitative estimate of drug-likeness (QED) is 0.377. The Labute approximate surface area is 162 Å². The van der Waals surface area contributed by atoms with Crippen molar-refractivity contribution in [3.8, 4) is 17.2 Å². The second-order valence-corrected chi connectivity index (χ2v) is 6.31. The van der Waals surface area contributed by atoms with E-state index < -0.39 is 0 Å². The third-order valence-corrected chi connectivity index (χ3v) is 4.80. The third kappa shape index (κ3) is 2.91. The molecule has 0 spiro atoms. The number of nitrogens with zero attached hydrogens (tertiary/aromatic N) is 1. The van der Waals surface area contributed by atoms with Gasteiger partial charge in [-0.3, -0.25) is 9.78 Å². The molecule has 140 valence electrons. The normalized spacial score (nSPS) is 10.8. The number of methoxy groups -OCH3 is 3. The number of ketones is 1. The van der Waals surface area contributed by atoms with Gasteiger partial charge in [-0.2, -0.15) is 0 Å². The van der Waals surface area contributed by atoms with Crippen molar-refractivity contribution >= 4 is 27.3 Å². The highest BCUT2D eigenvalue weighted by molar-refractivity contribution is 6.22. The summed E-state index contributed by atoms with van der Waals surface area (Å²) in [5.41, 5.74) is 0.982. The van der Waals surface area contributed by atoms with Gasteiger partial charge in [0.1, 0.15) is 11.4 Å². The third-order valence-electron chi connectivity index (χ3n) is 4.80. The van der Waals surface area contributed by atoms with E-state index in [-0.39, 0.29) is 5.78 Å². The van der Waals surface area contributed by atoms with Gasteiger partial charge in [0.05, 0.1) is 21.3 Å². The molecule has 0 fully saturated rings. The predicted molar refractivity (Wildman–Crippen MR) is 109 cm³/mol. The van der Waals surface area contributed by atoms with Crippen molar-refractivity contribution < 1.29 is 19.0 Å². The van der Waals surface area contributed by atoms with Crippen LogP contribution in [0.2, 0.25) is 0 Å². The van der Waals surface area contributed by atoms with Crippen molar-refractivity contribution in [2.45, 2.75) is 0 Å². The van der Waals surface area contributed by atoms with E-state index in [1.165, 1.54) is 0 Å². The maximum absolute atomic E-state index is 13.2. The average molecular weight is 373 g/mol. The zero-order valence-corrected chi connectivity index (χ0v) is 15.9. The summed E-state index contributed by atoms with van der Waals surface area (Å²) in [6.07, 6.45) is 1.62. The number of rotatable bonds is 5. The summed E-state index contributed by atoms with van der Waals surface area (Å²) in [7, 11) is 4.81. The molecule has 0 aliphatic rings. The Morgan fingerprint density at radius 1 is 0.786 bits per heavy atom. The molecule has 1 aromatic heterocycles. The minimum absolute atomic E-state index is 0.132. The van der Waals surface area contributed by atoms with Crippen LogP contribution in [0, 0.1) is 0 Å². The van der Waals surface area contributed by atoms with E-state index >= 15 is 0 Å². The minimum atomic E-state index is -0.132. The zero-order chi connectivity index (χ0) is 19.7. The smallest absolute Gasteiger partial charge is 0.211 e. The van der Waals surface area contributed by atoms with E-state index in [1.54, 1.807) is 45.7 Å². The number of benzene rings is 3. The van der Waals surface area contributed by atoms with Crippen LogP contribution in [-0.2, 0) is 0 Å². The number of hydrogen-bond donors (Lipinski definition) is 0. The molecule has 0 saturated heterocycles. The summed E-state index contributed by atoms with van der Waals surface area (Å²) >= 11 is 0. The van der Waals surface area contributed by atoms with Crippen LogP contribution in [0.1, 0.15) is 16.1 Å². The van der Waals surface area contributed by atoms with Crippen molar-refractivity contribution in [3.63, 3.8) is 0 Å². The first kappa shape index (κ1) is 17.8. The molecule has 0 radical (unpaired) electrons. The van der Waals surface area contributed by atoms with Crippen LogP contribution in [0.3, 0.4) is 0 Å². The molecule has 5 heteroatoms. The molecule has 5 nitrogen and oxygen atoms in total. The van der Waals surface area contributed by atoms with Gasteiger partial charge >= 0.3 is 0 Å². The number of carbonyl (C=O) groups is 1. The van der Waals surface area contributed by atoms with E-state index in [0.29, 0.717) is 28.5 Å². The molecule has 4 rings (SSSR count). The zero-order valence-electron chi connectivity index (χ0n) is 15.9. The summed E-state index contributed by atoms with van der Waals surface area (Å²) in [5.74, 6) is 1.81. The average Bonchev–Trinajstić information content (AvgIpc) is 2.77. The highest BCUT2D eigenvalue weighted by Gasteiger charge is 2.18. The first-order valence-electron chi connectivity index (χ1n) is 8.78. The van der Waals surface area contributed by atoms with E-state index in [4.69, 9.17) is 14.2 Å². The Bertz CT molecular complexity index is 1190. The van der Waals surface area contributed by atoms with Gasteiger partial charge in [-0.1, -0.05) is 6.07 Å². The largest absolute Gasteiger partial charge is 0.497 e. The summed E-state index contributed by atoms with van der Waals surface area (Å²) in [6, 6.07) is 16.7. The van der Waals surface area contributed by atoms with E-state index in [1.807, 2.05) is 36.4 Å². The molecule has 4 aromatic rings. The van der Waals surface area contributed by atoms with Gasteiger partial charge in [-0.25, -0.2) is 0 Å². The predicted octanol–water partition coefficient (Wildman–Crippen LogP) is 4.64. The van der Waals surface area contributed by atoms with Gasteiger partial charge in [0.15, 0.2) is 11.5 Å². The van der Waals surface area contributed by atoms with Crippen molar-refractivity contribution in [2.24, 2.45) is 0 Å². The number of aromatic nitrogens is 1. The van der Waals surface area contributed by atoms with Crippen LogP contribution in [0.25, 0.3) is 21.5 Å². The van der Waals surface area contributed by atoms with Crippen molar-refractivity contribution in [1.82, 2.24) is 4.98 Å². The summed E-state index contributed by atoms with van der Waals surface area (Å²) in [4.78, 5) is 17.4. The lowest BCUT2D eigenvalue weighted by Gasteiger charge is -2.14. The number of ether oxygens (including phenoxy) is 3. The maximum Gasteiger partial charge on any atom is 0.211 e. The molecule has 0 unspecified atom stereocenters. The van der Waals surface area contributed by atoms with E-state index in [9.17, 15) is 4.79 Å². The monoisotopic (exact) mass is 373 g/mol. The molecular weight excluding hydrogens is 354 g/mol. The first-order chi connectivity index (χ1) is 13.7. The fraction of sp³-hybridized carbons (Fsp3) is 0.130. The molecule has 3 aromatic carbocycles. The lowest BCUT2D eigenvalue weighted by atomic mass is 9.93. The minimum Gasteiger partial charge on any atom is -0.497 e. The van der Waals surface area contributed by atoms with Crippen molar-refractivity contribution in [3.05, 3.63) is 72.1 Å². The summed E-state index contributed by atoms with van der Waals surface area (Å²) in [5, 5.41) is 3.55. The van der Waals surface area contributed by atoms with Crippen LogP contribution in [0.15, 0.2) is 60.8 Å². The van der Waals surface area contributed by atoms with Crippen LogP contribution < -0.4 is 14.2 Å². The highest BCUT2D eigenvalue weighted by atomic mass is 16.5. The lowest BCUT2D eigenvalue weighted by molar-refractivity contribution is 0.103. The molecule has 0 aliphatic heterocycles. The Kier molecular flexibility index (Phi) is 4.57. The van der Waals surface area contributed by atoms with Crippen LogP contribution >= 0.6 is 0 Å². The van der Waals surface area contributed by atoms with Gasteiger partial charge in [-0.15, -0.1) is 0 Å². The van der Waals surface area contributed by atoms with Gasteiger partial charge in [0.2, 0.25) is 5.78 Å². The van der Waals surface area contributed by atoms with Crippen LogP contribution in [-0.4, -0.2) is 32.1 Å². The molecule has 0 bridgehead atoms. The molecule has 0 aliphatic carbocycles. The van der Waals surface area contributed by atoms with Crippen molar-refractivity contribution in [1.29, 1.82) is 0 Å². The SMILES string of the molecule is COc1ccc2c(C(=O)c3ccccn3)cc3cc(OC)c(OC)cc3c2c1. The molecule has 1 heterocycles. The number of fused-ring (bicyclic) bond motifs is 3. The van der Waals surface area contributed by atoms with Crippen LogP contribution in [0.4, 0.5) is 0 Å². The molecule has 28 heavy (non-hydrogen) atoms. The topological polar surface area (TPSA) is 57.7 Å². The lowest BCUT2D eigenvalue weighted by Crippen LogP contribution is -2.05. The van der Waals surface area contributed by atoms with Gasteiger partial charge in [0.25, 0.3) is 0 Å². The van der Waals surface area contributed by atoms with Gasteiger partial charge in [-0.05, 0) is 70.1 Å². The Hall–Kier alpha value is -3.60. The van der Waals surface area contributed by atoms with Gasteiger partial charge in [0, 0.05) is 11.8 Å². The molecule has 0 saturated carbocycles. The molecule has 0 atom stereocenters. The van der Waals surface area contributed by atoms with Crippen LogP contribution in [0.5, 0.6) is 17.2 Å². The summed E-state index contributed by atoms with van der Waals surface area (Å²) in [6.45, 7) is 0. The number of hydrogen-bond acceptors (Lipinski definition) is 5. The molecule has 0 N–H and O–H groups in total. The second kappa shape index (κ2) is 7.19. The second-order valence-electron chi connectivity index (χ2n) is 6.31. The maximum atomic E-state index is 13.2. The van der Waals surface area contributed by atoms with Crippen molar-refractivity contribution in [2.75, 3.05) is 21.3 Å². The van der Waals surface area contributed by atoms with E-state index in [2.05, 4.69) is 4.98 Å². The summed E-state index contributed by atoms with van der Waals surface area (Å²) < 4.78 is 16.3. The van der Waals surface area contributed by atoms with E-state index in [0.717, 1.165) is 21.5 Å². The highest BCUT2D eigenvalue weighted by Crippen LogP contribution is 2.38. The van der Waals surface area contributed by atoms with Gasteiger partial charge < -0.3 is 14.2 Å². The molecule has 0 amide bonds. The standard InChI is InChI=1S/C23H19NO4/c1-26-15-7-8-16-18(12-15)17-13-22(28-3)21(27-2)11-14(17)10-19(16)23(25)20-6-4-5-9-24-20/h4-13H,1-3H3. The number of pyridine rings is 1. The Balaban J connectivity index is 2.08. The fourth-order valence-corrected chi connectivity index (χ4v) is 3.41. The fourth-order valence-electron chi connectivity index (χ4n) is 3.41. The first-order valence-corrected chi connectivity index (χ1v) is 8.78. The number of carbonyl (C=O) groups excluding carboxylic acids is 1. The Morgan fingerprint density at radius 2 is 1.57 bits per heavy atom. The molecular formula is C23H19NO4. The Morgan fingerprint density at radius 3 is 2.25 bits per heavy atom.